The number of carbonyl (C=O) groups excluding carboxylic acids is 1. The largest absolute Gasteiger partial charge is 0.369 e. The summed E-state index contributed by atoms with van der Waals surface area (Å²) in [6, 6.07) is 14.0. The van der Waals surface area contributed by atoms with E-state index < -0.39 is 0 Å². The summed E-state index contributed by atoms with van der Waals surface area (Å²) in [5.74, 6) is 0. The summed E-state index contributed by atoms with van der Waals surface area (Å²) in [6.07, 6.45) is 0.885. The second-order valence-corrected chi connectivity index (χ2v) is 5.74. The third-order valence-electron chi connectivity index (χ3n) is 4.10. The van der Waals surface area contributed by atoms with Gasteiger partial charge in [0.1, 0.15) is 6.29 Å². The van der Waals surface area contributed by atoms with Gasteiger partial charge in [0, 0.05) is 49.7 Å². The SMILES string of the molecule is Cc1cccc(CN2CCN(c3ccc(C=O)cc3)CC2)n1. The fourth-order valence-electron chi connectivity index (χ4n) is 2.84. The van der Waals surface area contributed by atoms with E-state index in [1.54, 1.807) is 0 Å². The molecular weight excluding hydrogens is 274 g/mol. The van der Waals surface area contributed by atoms with Crippen molar-refractivity contribution in [3.8, 4) is 0 Å². The Morgan fingerprint density at radius 1 is 1.05 bits per heavy atom. The van der Waals surface area contributed by atoms with Crippen molar-refractivity contribution in [3.05, 3.63) is 59.4 Å². The number of nitrogens with zero attached hydrogens (tertiary/aromatic N) is 3. The number of piperazine rings is 1. The summed E-state index contributed by atoms with van der Waals surface area (Å²) in [4.78, 5) is 20.1. The molecule has 0 N–H and O–H groups in total. The summed E-state index contributed by atoms with van der Waals surface area (Å²) in [5.41, 5.74) is 4.14. The zero-order valence-electron chi connectivity index (χ0n) is 12.9. The van der Waals surface area contributed by atoms with Gasteiger partial charge in [0.15, 0.2) is 0 Å². The Kier molecular flexibility index (Phi) is 4.49. The van der Waals surface area contributed by atoms with Crippen molar-refractivity contribution in [3.63, 3.8) is 0 Å². The van der Waals surface area contributed by atoms with Crippen LogP contribution in [-0.4, -0.2) is 42.3 Å². The zero-order chi connectivity index (χ0) is 15.4. The minimum absolute atomic E-state index is 0.730. The van der Waals surface area contributed by atoms with Gasteiger partial charge in [0.05, 0.1) is 5.69 Å². The molecule has 114 valence electrons. The van der Waals surface area contributed by atoms with E-state index in [0.29, 0.717) is 0 Å². The van der Waals surface area contributed by atoms with Gasteiger partial charge in [-0.3, -0.25) is 14.7 Å². The van der Waals surface area contributed by atoms with Gasteiger partial charge in [-0.15, -0.1) is 0 Å². The van der Waals surface area contributed by atoms with Crippen molar-refractivity contribution in [2.45, 2.75) is 13.5 Å². The van der Waals surface area contributed by atoms with Crippen molar-refractivity contribution in [2.75, 3.05) is 31.1 Å². The predicted octanol–water partition coefficient (Wildman–Crippen LogP) is 2.52. The first-order chi connectivity index (χ1) is 10.7. The quantitative estimate of drug-likeness (QED) is 0.812. The number of aromatic nitrogens is 1. The Balaban J connectivity index is 1.56. The first kappa shape index (κ1) is 14.7. The van der Waals surface area contributed by atoms with Gasteiger partial charge in [0.2, 0.25) is 0 Å². The molecule has 1 aliphatic heterocycles. The second-order valence-electron chi connectivity index (χ2n) is 5.74. The van der Waals surface area contributed by atoms with Crippen LogP contribution in [0.15, 0.2) is 42.5 Å². The van der Waals surface area contributed by atoms with Crippen molar-refractivity contribution in [1.29, 1.82) is 0 Å². The number of aryl methyl sites for hydroxylation is 1. The second kappa shape index (κ2) is 6.71. The fourth-order valence-corrected chi connectivity index (χ4v) is 2.84. The molecular formula is C18H21N3O. The van der Waals surface area contributed by atoms with E-state index >= 15 is 0 Å². The molecule has 0 radical (unpaired) electrons. The van der Waals surface area contributed by atoms with E-state index in [0.717, 1.165) is 56.0 Å². The lowest BCUT2D eigenvalue weighted by atomic mass is 10.2. The van der Waals surface area contributed by atoms with Gasteiger partial charge in [-0.05, 0) is 43.3 Å². The lowest BCUT2D eigenvalue weighted by Crippen LogP contribution is -2.46. The third kappa shape index (κ3) is 3.52. The van der Waals surface area contributed by atoms with Crippen LogP contribution in [0.25, 0.3) is 0 Å². The molecule has 3 rings (SSSR count). The van der Waals surface area contributed by atoms with Crippen LogP contribution in [0.4, 0.5) is 5.69 Å². The molecule has 1 fully saturated rings. The summed E-state index contributed by atoms with van der Waals surface area (Å²) < 4.78 is 0. The van der Waals surface area contributed by atoms with Gasteiger partial charge >= 0.3 is 0 Å². The summed E-state index contributed by atoms with van der Waals surface area (Å²) in [5, 5.41) is 0. The van der Waals surface area contributed by atoms with Gasteiger partial charge in [0.25, 0.3) is 0 Å². The predicted molar refractivity (Wildman–Crippen MR) is 88.3 cm³/mol. The number of hydrogen-bond donors (Lipinski definition) is 0. The van der Waals surface area contributed by atoms with E-state index in [4.69, 9.17) is 0 Å². The minimum Gasteiger partial charge on any atom is -0.369 e. The molecule has 1 aromatic carbocycles. The lowest BCUT2D eigenvalue weighted by Gasteiger charge is -2.36. The van der Waals surface area contributed by atoms with E-state index in [9.17, 15) is 4.79 Å². The van der Waals surface area contributed by atoms with Crippen LogP contribution in [0.3, 0.4) is 0 Å². The van der Waals surface area contributed by atoms with E-state index in [1.807, 2.05) is 37.3 Å². The summed E-state index contributed by atoms with van der Waals surface area (Å²) >= 11 is 0. The Morgan fingerprint density at radius 3 is 2.41 bits per heavy atom. The molecule has 0 spiro atoms. The van der Waals surface area contributed by atoms with Crippen molar-refractivity contribution in [1.82, 2.24) is 9.88 Å². The van der Waals surface area contributed by atoms with E-state index in [-0.39, 0.29) is 0 Å². The minimum atomic E-state index is 0.730. The molecule has 22 heavy (non-hydrogen) atoms. The molecule has 0 aliphatic carbocycles. The van der Waals surface area contributed by atoms with Crippen LogP contribution in [-0.2, 0) is 6.54 Å². The highest BCUT2D eigenvalue weighted by molar-refractivity contribution is 5.75. The first-order valence-corrected chi connectivity index (χ1v) is 7.70. The molecule has 0 bridgehead atoms. The maximum atomic E-state index is 10.7. The summed E-state index contributed by atoms with van der Waals surface area (Å²) in [7, 11) is 0. The van der Waals surface area contributed by atoms with Crippen LogP contribution < -0.4 is 4.90 Å². The maximum Gasteiger partial charge on any atom is 0.150 e. The molecule has 4 nitrogen and oxygen atoms in total. The molecule has 4 heteroatoms. The molecule has 0 saturated carbocycles. The van der Waals surface area contributed by atoms with Gasteiger partial charge < -0.3 is 4.90 Å². The normalized spacial score (nSPS) is 15.8. The number of benzene rings is 1. The average molecular weight is 295 g/mol. The topological polar surface area (TPSA) is 36.4 Å². The number of aldehydes is 1. The Bertz CT molecular complexity index is 631. The zero-order valence-corrected chi connectivity index (χ0v) is 12.9. The van der Waals surface area contributed by atoms with Crippen LogP contribution in [0.1, 0.15) is 21.7 Å². The van der Waals surface area contributed by atoms with Crippen molar-refractivity contribution in [2.24, 2.45) is 0 Å². The van der Waals surface area contributed by atoms with Crippen molar-refractivity contribution < 1.29 is 4.79 Å². The van der Waals surface area contributed by atoms with Crippen LogP contribution in [0.2, 0.25) is 0 Å². The van der Waals surface area contributed by atoms with Crippen LogP contribution in [0.5, 0.6) is 0 Å². The van der Waals surface area contributed by atoms with Gasteiger partial charge in [-0.25, -0.2) is 0 Å². The first-order valence-electron chi connectivity index (χ1n) is 7.70. The molecule has 1 aliphatic rings. The van der Waals surface area contributed by atoms with Gasteiger partial charge in [-0.2, -0.15) is 0 Å². The standard InChI is InChI=1S/C18H21N3O/c1-15-3-2-4-17(19-15)13-20-9-11-21(12-10-20)18-7-5-16(14-22)6-8-18/h2-8,14H,9-13H2,1H3. The van der Waals surface area contributed by atoms with E-state index in [2.05, 4.69) is 26.9 Å². The number of hydrogen-bond acceptors (Lipinski definition) is 4. The summed E-state index contributed by atoms with van der Waals surface area (Å²) in [6.45, 7) is 7.03. The van der Waals surface area contributed by atoms with Gasteiger partial charge in [-0.1, -0.05) is 6.07 Å². The smallest absolute Gasteiger partial charge is 0.150 e. The molecule has 2 aromatic rings. The van der Waals surface area contributed by atoms with Crippen LogP contribution >= 0.6 is 0 Å². The van der Waals surface area contributed by atoms with Crippen LogP contribution in [0, 0.1) is 6.92 Å². The Hall–Kier alpha value is -2.20. The number of pyridine rings is 1. The molecule has 1 saturated heterocycles. The number of carbonyl (C=O) groups is 1. The Labute approximate surface area is 131 Å². The highest BCUT2D eigenvalue weighted by atomic mass is 16.1. The number of rotatable bonds is 4. The lowest BCUT2D eigenvalue weighted by molar-refractivity contribution is 0.112. The fraction of sp³-hybridized carbons (Fsp3) is 0.333. The molecule has 0 unspecified atom stereocenters. The molecule has 0 atom stereocenters. The van der Waals surface area contributed by atoms with Crippen molar-refractivity contribution >= 4 is 12.0 Å². The average Bonchev–Trinajstić information content (AvgIpc) is 2.56. The Morgan fingerprint density at radius 2 is 1.77 bits per heavy atom. The highest BCUT2D eigenvalue weighted by Crippen LogP contribution is 2.17. The third-order valence-corrected chi connectivity index (χ3v) is 4.10. The highest BCUT2D eigenvalue weighted by Gasteiger charge is 2.17. The monoisotopic (exact) mass is 295 g/mol. The maximum absolute atomic E-state index is 10.7. The number of anilines is 1. The van der Waals surface area contributed by atoms with E-state index in [1.165, 1.54) is 5.69 Å². The molecule has 1 aromatic heterocycles. The molecule has 2 heterocycles. The molecule has 0 amide bonds.